The fourth-order valence-corrected chi connectivity index (χ4v) is 3.33. The number of nitrogens with zero attached hydrogens (tertiary/aromatic N) is 3. The molecule has 116 valence electrons. The highest BCUT2D eigenvalue weighted by Crippen LogP contribution is 2.39. The number of nitro groups is 1. The Kier molecular flexibility index (Phi) is 4.88. The lowest BCUT2D eigenvalue weighted by molar-refractivity contribution is -0.384. The van der Waals surface area contributed by atoms with Gasteiger partial charge >= 0.3 is 0 Å². The normalized spacial score (nSPS) is 16.6. The minimum Gasteiger partial charge on any atom is -0.367 e. The van der Waals surface area contributed by atoms with Gasteiger partial charge in [-0.1, -0.05) is 22.0 Å². The molecule has 1 saturated carbocycles. The summed E-state index contributed by atoms with van der Waals surface area (Å²) in [5, 5.41) is 12.0. The van der Waals surface area contributed by atoms with Crippen LogP contribution in [0.25, 0.3) is 0 Å². The fraction of sp³-hybridized carbons (Fsp3) is 0.600. The third kappa shape index (κ3) is 3.21. The maximum Gasteiger partial charge on any atom is 0.292 e. The van der Waals surface area contributed by atoms with Crippen LogP contribution in [0.1, 0.15) is 24.8 Å². The van der Waals surface area contributed by atoms with Crippen molar-refractivity contribution in [2.75, 3.05) is 32.6 Å². The molecule has 0 N–H and O–H groups in total. The summed E-state index contributed by atoms with van der Waals surface area (Å²) in [7, 11) is 6.13. The van der Waals surface area contributed by atoms with Crippen LogP contribution in [0.2, 0.25) is 0 Å². The first-order valence-electron chi connectivity index (χ1n) is 7.11. The molecule has 0 aromatic heterocycles. The monoisotopic (exact) mass is 355 g/mol. The maximum atomic E-state index is 11.3. The quantitative estimate of drug-likeness (QED) is 0.445. The van der Waals surface area contributed by atoms with E-state index in [0.717, 1.165) is 24.9 Å². The van der Waals surface area contributed by atoms with Gasteiger partial charge in [-0.25, -0.2) is 0 Å². The van der Waals surface area contributed by atoms with Crippen LogP contribution < -0.4 is 4.90 Å². The number of hydrogen-bond donors (Lipinski definition) is 0. The average molecular weight is 356 g/mol. The van der Waals surface area contributed by atoms with Gasteiger partial charge in [0, 0.05) is 30.5 Å². The molecular formula is C15H22BrN3O2. The number of rotatable bonds is 6. The molecule has 0 aliphatic heterocycles. The Morgan fingerprint density at radius 1 is 1.33 bits per heavy atom. The number of hydrogen-bond acceptors (Lipinski definition) is 4. The summed E-state index contributed by atoms with van der Waals surface area (Å²) in [6.07, 6.45) is 3.53. The van der Waals surface area contributed by atoms with Crippen LogP contribution >= 0.6 is 15.9 Å². The van der Waals surface area contributed by atoms with Gasteiger partial charge in [0.1, 0.15) is 5.69 Å². The predicted molar refractivity (Wildman–Crippen MR) is 89.3 cm³/mol. The summed E-state index contributed by atoms with van der Waals surface area (Å²) < 4.78 is 0. The molecule has 0 spiro atoms. The summed E-state index contributed by atoms with van der Waals surface area (Å²) in [6.45, 7) is 0.814. The molecule has 1 fully saturated rings. The number of nitro benzene ring substituents is 1. The molecule has 21 heavy (non-hydrogen) atoms. The van der Waals surface area contributed by atoms with Crippen LogP contribution in [-0.4, -0.2) is 43.0 Å². The minimum atomic E-state index is -0.291. The van der Waals surface area contributed by atoms with Gasteiger partial charge in [-0.3, -0.25) is 10.1 Å². The minimum absolute atomic E-state index is 0.150. The summed E-state index contributed by atoms with van der Waals surface area (Å²) in [5.74, 6) is 0. The lowest BCUT2D eigenvalue weighted by Gasteiger charge is -2.49. The summed E-state index contributed by atoms with van der Waals surface area (Å²) in [4.78, 5) is 15.3. The summed E-state index contributed by atoms with van der Waals surface area (Å²) in [5.41, 5.74) is 1.95. The zero-order chi connectivity index (χ0) is 15.6. The van der Waals surface area contributed by atoms with Crippen molar-refractivity contribution in [3.63, 3.8) is 0 Å². The van der Waals surface area contributed by atoms with E-state index in [4.69, 9.17) is 0 Å². The molecule has 1 aromatic carbocycles. The Balaban J connectivity index is 2.26. The van der Waals surface area contributed by atoms with E-state index in [9.17, 15) is 10.1 Å². The van der Waals surface area contributed by atoms with Gasteiger partial charge in [-0.05, 0) is 45.0 Å². The third-order valence-corrected chi connectivity index (χ3v) is 5.21. The highest BCUT2D eigenvalue weighted by molar-refractivity contribution is 9.08. The lowest BCUT2D eigenvalue weighted by atomic mass is 9.75. The van der Waals surface area contributed by atoms with Crippen LogP contribution in [0.15, 0.2) is 18.2 Å². The van der Waals surface area contributed by atoms with Crippen LogP contribution in [0, 0.1) is 10.1 Å². The van der Waals surface area contributed by atoms with Gasteiger partial charge in [-0.15, -0.1) is 0 Å². The second-order valence-electron chi connectivity index (χ2n) is 6.04. The molecule has 1 aliphatic rings. The highest BCUT2D eigenvalue weighted by Gasteiger charge is 2.40. The number of halogens is 1. The van der Waals surface area contributed by atoms with Crippen LogP contribution in [-0.2, 0) is 5.33 Å². The van der Waals surface area contributed by atoms with Crippen molar-refractivity contribution < 1.29 is 4.92 Å². The van der Waals surface area contributed by atoms with Crippen molar-refractivity contribution in [3.8, 4) is 0 Å². The lowest BCUT2D eigenvalue weighted by Crippen LogP contribution is -2.56. The van der Waals surface area contributed by atoms with E-state index in [1.165, 1.54) is 6.42 Å². The van der Waals surface area contributed by atoms with E-state index in [1.807, 2.05) is 24.1 Å². The van der Waals surface area contributed by atoms with Crippen LogP contribution in [0.5, 0.6) is 0 Å². The number of benzene rings is 1. The van der Waals surface area contributed by atoms with Crippen molar-refractivity contribution in [1.82, 2.24) is 4.90 Å². The molecule has 0 heterocycles. The average Bonchev–Trinajstić information content (AvgIpc) is 2.41. The van der Waals surface area contributed by atoms with Gasteiger partial charge in [-0.2, -0.15) is 0 Å². The molecule has 1 aliphatic carbocycles. The van der Waals surface area contributed by atoms with Crippen molar-refractivity contribution in [2.45, 2.75) is 30.1 Å². The van der Waals surface area contributed by atoms with E-state index >= 15 is 0 Å². The highest BCUT2D eigenvalue weighted by atomic mass is 79.9. The summed E-state index contributed by atoms with van der Waals surface area (Å²) in [6, 6.07) is 5.46. The third-order valence-electron chi connectivity index (χ3n) is 4.57. The summed E-state index contributed by atoms with van der Waals surface area (Å²) >= 11 is 3.35. The molecule has 2 rings (SSSR count). The second kappa shape index (κ2) is 6.32. The largest absolute Gasteiger partial charge is 0.367 e. The first-order chi connectivity index (χ1) is 9.89. The standard InChI is InChI=1S/C15H22BrN3O2/c1-17(2)15(7-4-8-15)11-18(3)13-6-5-12(10-16)9-14(13)19(20)21/h5-6,9H,4,7-8,10-11H2,1-3H3. The zero-order valence-corrected chi connectivity index (χ0v) is 14.4. The van der Waals surface area contributed by atoms with Gasteiger partial charge < -0.3 is 9.80 Å². The molecule has 1 aromatic rings. The Hall–Kier alpha value is -1.14. The van der Waals surface area contributed by atoms with E-state index < -0.39 is 0 Å². The smallest absolute Gasteiger partial charge is 0.292 e. The molecular weight excluding hydrogens is 334 g/mol. The molecule has 0 radical (unpaired) electrons. The Morgan fingerprint density at radius 3 is 2.43 bits per heavy atom. The van der Waals surface area contributed by atoms with E-state index in [-0.39, 0.29) is 16.1 Å². The van der Waals surface area contributed by atoms with Crippen LogP contribution in [0.3, 0.4) is 0 Å². The van der Waals surface area contributed by atoms with E-state index in [1.54, 1.807) is 6.07 Å². The predicted octanol–water partition coefficient (Wildman–Crippen LogP) is 3.41. The van der Waals surface area contributed by atoms with E-state index in [2.05, 4.69) is 34.9 Å². The van der Waals surface area contributed by atoms with Gasteiger partial charge in [0.2, 0.25) is 0 Å². The Labute approximate surface area is 134 Å². The molecule has 5 nitrogen and oxygen atoms in total. The number of alkyl halides is 1. The van der Waals surface area contributed by atoms with Crippen molar-refractivity contribution >= 4 is 27.3 Å². The SMILES string of the molecule is CN(CC1(N(C)C)CCC1)c1ccc(CBr)cc1[N+](=O)[O-]. The van der Waals surface area contributed by atoms with Crippen molar-refractivity contribution in [2.24, 2.45) is 0 Å². The number of likely N-dealkylation sites (N-methyl/N-ethyl adjacent to an activating group) is 2. The fourth-order valence-electron chi connectivity index (χ4n) is 2.98. The van der Waals surface area contributed by atoms with Crippen LogP contribution in [0.4, 0.5) is 11.4 Å². The molecule has 0 atom stereocenters. The van der Waals surface area contributed by atoms with Gasteiger partial charge in [0.05, 0.1) is 4.92 Å². The van der Waals surface area contributed by atoms with Gasteiger partial charge in [0.15, 0.2) is 0 Å². The topological polar surface area (TPSA) is 49.6 Å². The Bertz CT molecular complexity index is 530. The first kappa shape index (κ1) is 16.2. The molecule has 0 bridgehead atoms. The Morgan fingerprint density at radius 2 is 2.00 bits per heavy atom. The number of anilines is 1. The molecule has 6 heteroatoms. The van der Waals surface area contributed by atoms with Crippen molar-refractivity contribution in [3.05, 3.63) is 33.9 Å². The van der Waals surface area contributed by atoms with Gasteiger partial charge in [0.25, 0.3) is 5.69 Å². The zero-order valence-electron chi connectivity index (χ0n) is 12.8. The first-order valence-corrected chi connectivity index (χ1v) is 8.23. The van der Waals surface area contributed by atoms with E-state index in [0.29, 0.717) is 11.0 Å². The second-order valence-corrected chi connectivity index (χ2v) is 6.60. The molecule has 0 unspecified atom stereocenters. The van der Waals surface area contributed by atoms with Crippen molar-refractivity contribution in [1.29, 1.82) is 0 Å². The molecule has 0 saturated heterocycles. The maximum absolute atomic E-state index is 11.3. The molecule has 0 amide bonds.